The molecule has 0 radical (unpaired) electrons. The zero-order valence-electron chi connectivity index (χ0n) is 21.5. The molecule has 4 aliphatic carbocycles. The molecule has 0 aromatic heterocycles. The number of benzene rings is 1. The monoisotopic (exact) mass is 528 g/mol. The van der Waals surface area contributed by atoms with Gasteiger partial charge in [0.25, 0.3) is 0 Å². The summed E-state index contributed by atoms with van der Waals surface area (Å²) in [5.41, 5.74) is 10.7. The summed E-state index contributed by atoms with van der Waals surface area (Å²) in [7, 11) is 0. The molecule has 0 saturated heterocycles. The average Bonchev–Trinajstić information content (AvgIpc) is 2.87. The highest BCUT2D eigenvalue weighted by molar-refractivity contribution is 5.99. The van der Waals surface area contributed by atoms with Crippen LogP contribution in [-0.2, 0) is 35.3 Å². The first kappa shape index (κ1) is 27.6. The van der Waals surface area contributed by atoms with Crippen LogP contribution in [0.15, 0.2) is 30.3 Å². The summed E-state index contributed by atoms with van der Waals surface area (Å²) in [5.74, 6) is -1.75. The highest BCUT2D eigenvalue weighted by Gasteiger charge is 2.62. The van der Waals surface area contributed by atoms with Crippen LogP contribution in [-0.4, -0.2) is 48.0 Å². The van der Waals surface area contributed by atoms with Gasteiger partial charge in [-0.1, -0.05) is 30.3 Å². The third-order valence-corrected chi connectivity index (χ3v) is 8.08. The molecule has 1 aromatic rings. The second kappa shape index (κ2) is 11.5. The summed E-state index contributed by atoms with van der Waals surface area (Å²) in [6.07, 6.45) is 2.02. The number of nitrogens with two attached hydrogens (primary N) is 2. The van der Waals surface area contributed by atoms with Gasteiger partial charge in [-0.15, -0.1) is 0 Å². The summed E-state index contributed by atoms with van der Waals surface area (Å²) in [6, 6.07) is 7.28. The van der Waals surface area contributed by atoms with Gasteiger partial charge in [0.15, 0.2) is 0 Å². The third kappa shape index (κ3) is 6.15. The molecule has 1 aromatic carbocycles. The number of carbonyl (C=O) groups is 5. The van der Waals surface area contributed by atoms with Crippen molar-refractivity contribution in [3.8, 4) is 0 Å². The molecule has 206 valence electrons. The molecule has 4 aliphatic rings. The van der Waals surface area contributed by atoms with Crippen molar-refractivity contribution in [2.75, 3.05) is 0 Å². The third-order valence-electron chi connectivity index (χ3n) is 8.08. The summed E-state index contributed by atoms with van der Waals surface area (Å²) >= 11 is 0. The molecule has 0 aliphatic heterocycles. The highest BCUT2D eigenvalue weighted by Crippen LogP contribution is 2.61. The molecule has 4 fully saturated rings. The number of nitrogens with one attached hydrogen (secondary N) is 2. The van der Waals surface area contributed by atoms with Gasteiger partial charge in [0.2, 0.25) is 23.6 Å². The molecule has 3 unspecified atom stereocenters. The Morgan fingerprint density at radius 1 is 1.05 bits per heavy atom. The number of hydrogen-bond acceptors (Lipinski definition) is 8. The fourth-order valence-electron chi connectivity index (χ4n) is 6.55. The Hall–Kier alpha value is -3.47. The molecule has 11 heteroatoms. The summed E-state index contributed by atoms with van der Waals surface area (Å²) in [6.45, 7) is 1.51. The number of carbonyl (C=O) groups excluding carboxylic acids is 5. The smallest absolute Gasteiger partial charge is 0.430 e. The van der Waals surface area contributed by atoms with Crippen LogP contribution in [0.2, 0.25) is 0 Å². The van der Waals surface area contributed by atoms with Crippen LogP contribution in [0.25, 0.3) is 0 Å². The van der Waals surface area contributed by atoms with Crippen LogP contribution in [0.4, 0.5) is 4.79 Å². The first-order valence-corrected chi connectivity index (χ1v) is 13.1. The summed E-state index contributed by atoms with van der Waals surface area (Å²) < 4.78 is 11.1. The number of primary amides is 1. The van der Waals surface area contributed by atoms with Gasteiger partial charge < -0.3 is 26.3 Å². The fourth-order valence-corrected chi connectivity index (χ4v) is 6.55. The molecule has 6 N–H and O–H groups in total. The lowest BCUT2D eigenvalue weighted by Gasteiger charge is -2.58. The minimum absolute atomic E-state index is 0.0269. The lowest BCUT2D eigenvalue weighted by atomic mass is 9.48. The Kier molecular flexibility index (Phi) is 8.35. The Morgan fingerprint density at radius 2 is 1.71 bits per heavy atom. The van der Waals surface area contributed by atoms with Gasteiger partial charge in [-0.3, -0.25) is 24.5 Å². The summed E-state index contributed by atoms with van der Waals surface area (Å²) in [4.78, 5) is 62.5. The van der Waals surface area contributed by atoms with Gasteiger partial charge in [-0.2, -0.15) is 0 Å². The van der Waals surface area contributed by atoms with E-state index >= 15 is 0 Å². The molecule has 4 saturated carbocycles. The van der Waals surface area contributed by atoms with Gasteiger partial charge in [0.05, 0.1) is 11.5 Å². The lowest BCUT2D eigenvalue weighted by Crippen LogP contribution is -2.63. The van der Waals surface area contributed by atoms with Crippen LogP contribution >= 0.6 is 0 Å². The van der Waals surface area contributed by atoms with E-state index in [2.05, 4.69) is 10.6 Å². The van der Waals surface area contributed by atoms with Gasteiger partial charge >= 0.3 is 6.16 Å². The number of amides is 4. The molecule has 4 bridgehead atoms. The van der Waals surface area contributed by atoms with E-state index in [-0.39, 0.29) is 25.4 Å². The number of rotatable bonds is 10. The highest BCUT2D eigenvalue weighted by atomic mass is 16.7. The minimum Gasteiger partial charge on any atom is -0.430 e. The Bertz CT molecular complexity index is 1060. The molecular formula is C27H36N4O7. The Labute approximate surface area is 221 Å². The van der Waals surface area contributed by atoms with E-state index < -0.39 is 53.4 Å². The zero-order valence-corrected chi connectivity index (χ0v) is 21.5. The van der Waals surface area contributed by atoms with Crippen molar-refractivity contribution in [2.45, 2.75) is 76.7 Å². The Balaban J connectivity index is 1.39. The van der Waals surface area contributed by atoms with E-state index in [4.69, 9.17) is 20.9 Å². The van der Waals surface area contributed by atoms with E-state index in [1.54, 1.807) is 0 Å². The number of ether oxygens (including phenoxy) is 2. The SMILES string of the molecule is C[C@H](N)C(=O)N[C@H](CCC(=O)NC(=O)C12CC3CC(CC(C3)C1OC(=O)OCc1ccccc1)C2)C(N)=O. The molecule has 4 amide bonds. The van der Waals surface area contributed by atoms with Crippen LogP contribution < -0.4 is 22.1 Å². The average molecular weight is 529 g/mol. The topological polar surface area (TPSA) is 180 Å². The van der Waals surface area contributed by atoms with Crippen LogP contribution in [0, 0.1) is 23.2 Å². The maximum atomic E-state index is 13.6. The van der Waals surface area contributed by atoms with Gasteiger partial charge in [-0.05, 0) is 68.8 Å². The maximum Gasteiger partial charge on any atom is 0.508 e. The van der Waals surface area contributed by atoms with Crippen molar-refractivity contribution in [3.63, 3.8) is 0 Å². The van der Waals surface area contributed by atoms with Crippen LogP contribution in [0.1, 0.15) is 57.4 Å². The first-order valence-electron chi connectivity index (χ1n) is 13.1. The standard InChI is InChI=1S/C27H36N4O7/c1-15(28)24(34)30-20(23(29)33)7-8-21(32)31-25(35)27-12-17-9-18(13-27)11-19(10-17)22(27)38-26(36)37-14-16-5-3-2-4-6-16/h2-6,15,17-20,22H,7-14,28H2,1H3,(H2,29,33)(H,30,34)(H,31,32,35)/t15-,17?,18?,19?,20+,22?,27?/m0/s1. The van der Waals surface area contributed by atoms with Gasteiger partial charge in [0, 0.05) is 6.42 Å². The zero-order chi connectivity index (χ0) is 27.4. The van der Waals surface area contributed by atoms with E-state index in [0.717, 1.165) is 24.8 Å². The molecular weight excluding hydrogens is 492 g/mol. The van der Waals surface area contributed by atoms with E-state index in [1.165, 1.54) is 6.92 Å². The predicted molar refractivity (Wildman–Crippen MR) is 135 cm³/mol. The van der Waals surface area contributed by atoms with Gasteiger partial charge in [-0.25, -0.2) is 4.79 Å². The molecule has 11 nitrogen and oxygen atoms in total. The maximum absolute atomic E-state index is 13.6. The van der Waals surface area contributed by atoms with Crippen molar-refractivity contribution in [3.05, 3.63) is 35.9 Å². The van der Waals surface area contributed by atoms with Crippen molar-refractivity contribution < 1.29 is 33.4 Å². The second-order valence-corrected chi connectivity index (χ2v) is 11.0. The first-order chi connectivity index (χ1) is 18.1. The minimum atomic E-state index is -1.09. The fraction of sp³-hybridized carbons (Fsp3) is 0.593. The normalized spacial score (nSPS) is 28.6. The number of imide groups is 1. The molecule has 38 heavy (non-hydrogen) atoms. The summed E-state index contributed by atoms with van der Waals surface area (Å²) in [5, 5.41) is 4.88. The lowest BCUT2D eigenvalue weighted by molar-refractivity contribution is -0.181. The van der Waals surface area contributed by atoms with E-state index in [9.17, 15) is 24.0 Å². The Morgan fingerprint density at radius 3 is 2.32 bits per heavy atom. The van der Waals surface area contributed by atoms with Crippen LogP contribution in [0.5, 0.6) is 0 Å². The predicted octanol–water partition coefficient (Wildman–Crippen LogP) is 1.28. The molecule has 0 spiro atoms. The van der Waals surface area contributed by atoms with E-state index in [0.29, 0.717) is 24.7 Å². The van der Waals surface area contributed by atoms with E-state index in [1.807, 2.05) is 30.3 Å². The number of hydrogen-bond donors (Lipinski definition) is 4. The largest absolute Gasteiger partial charge is 0.508 e. The second-order valence-electron chi connectivity index (χ2n) is 11.0. The molecule has 5 rings (SSSR count). The van der Waals surface area contributed by atoms with Crippen molar-refractivity contribution in [1.29, 1.82) is 0 Å². The van der Waals surface area contributed by atoms with Gasteiger partial charge in [0.1, 0.15) is 18.8 Å². The van der Waals surface area contributed by atoms with Crippen LogP contribution in [0.3, 0.4) is 0 Å². The molecule has 5 atom stereocenters. The molecule has 0 heterocycles. The quantitative estimate of drug-likeness (QED) is 0.328. The van der Waals surface area contributed by atoms with Crippen molar-refractivity contribution >= 4 is 29.8 Å². The van der Waals surface area contributed by atoms with Crippen molar-refractivity contribution in [2.24, 2.45) is 34.6 Å². The van der Waals surface area contributed by atoms with Crippen molar-refractivity contribution in [1.82, 2.24) is 10.6 Å².